The number of aliphatic carboxylic acids is 1. The van der Waals surface area contributed by atoms with Crippen molar-refractivity contribution >= 4 is 5.97 Å². The fraction of sp³-hybridized carbons (Fsp3) is 0.900. The third-order valence-electron chi connectivity index (χ3n) is 2.91. The van der Waals surface area contributed by atoms with Crippen molar-refractivity contribution < 1.29 is 19.7 Å². The van der Waals surface area contributed by atoms with Gasteiger partial charge in [0.05, 0.1) is 6.10 Å². The van der Waals surface area contributed by atoms with Crippen molar-refractivity contribution in [3.63, 3.8) is 0 Å². The molecule has 0 amide bonds. The Morgan fingerprint density at radius 2 is 2.27 bits per heavy atom. The van der Waals surface area contributed by atoms with Crippen LogP contribution in [0.5, 0.6) is 0 Å². The lowest BCUT2D eigenvalue weighted by Crippen LogP contribution is -2.47. The molecule has 0 aromatic rings. The largest absolute Gasteiger partial charge is 0.479 e. The molecule has 3 atom stereocenters. The maximum absolute atomic E-state index is 10.6. The molecule has 1 aliphatic rings. The normalized spacial score (nSPS) is 30.1. The fourth-order valence-corrected chi connectivity index (χ4v) is 1.76. The van der Waals surface area contributed by atoms with E-state index in [4.69, 9.17) is 9.84 Å². The van der Waals surface area contributed by atoms with E-state index in [0.29, 0.717) is 0 Å². The SMILES string of the molecule is COC1CCC(NCC(C)(O)C(=O)O)C1. The van der Waals surface area contributed by atoms with Crippen LogP contribution in [0, 0.1) is 0 Å². The topological polar surface area (TPSA) is 78.8 Å². The smallest absolute Gasteiger partial charge is 0.336 e. The molecule has 1 rings (SSSR count). The molecule has 0 spiro atoms. The van der Waals surface area contributed by atoms with Gasteiger partial charge >= 0.3 is 5.97 Å². The molecule has 0 aromatic carbocycles. The lowest BCUT2D eigenvalue weighted by Gasteiger charge is -2.21. The number of hydrogen-bond donors (Lipinski definition) is 3. The van der Waals surface area contributed by atoms with Gasteiger partial charge in [0.25, 0.3) is 0 Å². The van der Waals surface area contributed by atoms with Crippen LogP contribution in [0.15, 0.2) is 0 Å². The van der Waals surface area contributed by atoms with E-state index in [2.05, 4.69) is 5.32 Å². The first kappa shape index (κ1) is 12.4. The van der Waals surface area contributed by atoms with Gasteiger partial charge in [-0.2, -0.15) is 0 Å². The fourth-order valence-electron chi connectivity index (χ4n) is 1.76. The minimum atomic E-state index is -1.69. The van der Waals surface area contributed by atoms with E-state index in [1.54, 1.807) is 7.11 Å². The Kier molecular flexibility index (Phi) is 4.07. The molecular formula is C10H19NO4. The summed E-state index contributed by atoms with van der Waals surface area (Å²) in [5.74, 6) is -1.20. The van der Waals surface area contributed by atoms with E-state index in [1.807, 2.05) is 0 Å². The number of aliphatic hydroxyl groups is 1. The van der Waals surface area contributed by atoms with Gasteiger partial charge in [-0.05, 0) is 26.2 Å². The number of ether oxygens (including phenoxy) is 1. The number of rotatable bonds is 5. The molecule has 1 fully saturated rings. The summed E-state index contributed by atoms with van der Waals surface area (Å²) < 4.78 is 5.20. The Hall–Kier alpha value is -0.650. The molecule has 15 heavy (non-hydrogen) atoms. The van der Waals surface area contributed by atoms with Gasteiger partial charge in [0.15, 0.2) is 5.60 Å². The van der Waals surface area contributed by atoms with Crippen molar-refractivity contribution in [1.29, 1.82) is 0 Å². The highest BCUT2D eigenvalue weighted by molar-refractivity contribution is 5.76. The summed E-state index contributed by atoms with van der Waals surface area (Å²) in [6.45, 7) is 1.37. The first-order chi connectivity index (χ1) is 6.95. The third-order valence-corrected chi connectivity index (χ3v) is 2.91. The molecule has 5 heteroatoms. The average molecular weight is 217 g/mol. The van der Waals surface area contributed by atoms with E-state index in [1.165, 1.54) is 6.92 Å². The van der Waals surface area contributed by atoms with Crippen molar-refractivity contribution in [2.24, 2.45) is 0 Å². The van der Waals surface area contributed by atoms with E-state index < -0.39 is 11.6 Å². The lowest BCUT2D eigenvalue weighted by atomic mass is 10.1. The lowest BCUT2D eigenvalue weighted by molar-refractivity contribution is -0.156. The monoisotopic (exact) mass is 217 g/mol. The Bertz CT molecular complexity index is 229. The molecule has 5 nitrogen and oxygen atoms in total. The van der Waals surface area contributed by atoms with Crippen molar-refractivity contribution in [2.45, 2.75) is 43.9 Å². The summed E-state index contributed by atoms with van der Waals surface area (Å²) in [5, 5.41) is 21.2. The van der Waals surface area contributed by atoms with Crippen molar-refractivity contribution in [2.75, 3.05) is 13.7 Å². The molecule has 0 radical (unpaired) electrons. The molecule has 0 heterocycles. The Balaban J connectivity index is 2.29. The van der Waals surface area contributed by atoms with Gasteiger partial charge in [0.2, 0.25) is 0 Å². The van der Waals surface area contributed by atoms with Crippen molar-refractivity contribution in [1.82, 2.24) is 5.32 Å². The zero-order valence-electron chi connectivity index (χ0n) is 9.19. The minimum absolute atomic E-state index is 0.0729. The standard InChI is InChI=1S/C10H19NO4/c1-10(14,9(12)13)6-11-7-3-4-8(5-7)15-2/h7-8,11,14H,3-6H2,1-2H3,(H,12,13). The van der Waals surface area contributed by atoms with Crippen LogP contribution >= 0.6 is 0 Å². The van der Waals surface area contributed by atoms with Gasteiger partial charge in [-0.1, -0.05) is 0 Å². The number of hydrogen-bond acceptors (Lipinski definition) is 4. The van der Waals surface area contributed by atoms with Crippen LogP contribution in [-0.2, 0) is 9.53 Å². The summed E-state index contributed by atoms with van der Waals surface area (Å²) >= 11 is 0. The molecule has 0 aliphatic heterocycles. The maximum Gasteiger partial charge on any atom is 0.336 e. The molecule has 0 bridgehead atoms. The number of carboxylic acids is 1. The van der Waals surface area contributed by atoms with Gasteiger partial charge < -0.3 is 20.3 Å². The molecule has 3 unspecified atom stereocenters. The minimum Gasteiger partial charge on any atom is -0.479 e. The quantitative estimate of drug-likeness (QED) is 0.603. The van der Waals surface area contributed by atoms with Crippen LogP contribution in [-0.4, -0.2) is 47.6 Å². The van der Waals surface area contributed by atoms with Crippen molar-refractivity contribution in [3.05, 3.63) is 0 Å². The van der Waals surface area contributed by atoms with Gasteiger partial charge in [-0.25, -0.2) is 4.79 Å². The highest BCUT2D eigenvalue weighted by atomic mass is 16.5. The number of carboxylic acid groups (broad SMARTS) is 1. The molecule has 1 aliphatic carbocycles. The molecule has 0 saturated heterocycles. The van der Waals surface area contributed by atoms with Gasteiger partial charge in [0, 0.05) is 19.7 Å². The Labute approximate surface area is 89.4 Å². The second-order valence-electron chi connectivity index (χ2n) is 4.33. The molecule has 0 aromatic heterocycles. The van der Waals surface area contributed by atoms with Gasteiger partial charge in [-0.3, -0.25) is 0 Å². The zero-order chi connectivity index (χ0) is 11.5. The first-order valence-corrected chi connectivity index (χ1v) is 5.17. The molecule has 3 N–H and O–H groups in total. The number of methoxy groups -OCH3 is 1. The average Bonchev–Trinajstić information content (AvgIpc) is 2.62. The van der Waals surface area contributed by atoms with Crippen LogP contribution in [0.3, 0.4) is 0 Å². The predicted octanol–water partition coefficient (Wildman–Crippen LogP) is -0.0209. The molecule has 1 saturated carbocycles. The number of nitrogens with one attached hydrogen (secondary N) is 1. The van der Waals surface area contributed by atoms with Gasteiger partial charge in [0.1, 0.15) is 0 Å². The summed E-state index contributed by atoms with van der Waals surface area (Å²) in [6, 6.07) is 0.251. The highest BCUT2D eigenvalue weighted by Crippen LogP contribution is 2.21. The Morgan fingerprint density at radius 1 is 1.60 bits per heavy atom. The summed E-state index contributed by atoms with van der Waals surface area (Å²) in [6.07, 6.45) is 3.10. The maximum atomic E-state index is 10.6. The molecular weight excluding hydrogens is 198 g/mol. The third kappa shape index (κ3) is 3.44. The van der Waals surface area contributed by atoms with E-state index in [0.717, 1.165) is 19.3 Å². The van der Waals surface area contributed by atoms with E-state index in [-0.39, 0.29) is 18.7 Å². The van der Waals surface area contributed by atoms with Gasteiger partial charge in [-0.15, -0.1) is 0 Å². The van der Waals surface area contributed by atoms with E-state index in [9.17, 15) is 9.90 Å². The highest BCUT2D eigenvalue weighted by Gasteiger charge is 2.32. The first-order valence-electron chi connectivity index (χ1n) is 5.17. The Morgan fingerprint density at radius 3 is 2.73 bits per heavy atom. The summed E-state index contributed by atoms with van der Waals surface area (Å²) in [7, 11) is 1.68. The van der Waals surface area contributed by atoms with Crippen LogP contribution in [0.4, 0.5) is 0 Å². The van der Waals surface area contributed by atoms with Crippen LogP contribution in [0.25, 0.3) is 0 Å². The predicted molar refractivity (Wildman–Crippen MR) is 54.7 cm³/mol. The zero-order valence-corrected chi connectivity index (χ0v) is 9.19. The summed E-state index contributed by atoms with van der Waals surface area (Å²) in [5.41, 5.74) is -1.69. The van der Waals surface area contributed by atoms with Crippen LogP contribution < -0.4 is 5.32 Å². The van der Waals surface area contributed by atoms with Crippen molar-refractivity contribution in [3.8, 4) is 0 Å². The molecule has 88 valence electrons. The summed E-state index contributed by atoms with van der Waals surface area (Å²) in [4.78, 5) is 10.6. The van der Waals surface area contributed by atoms with E-state index >= 15 is 0 Å². The van der Waals surface area contributed by atoms with Crippen LogP contribution in [0.1, 0.15) is 26.2 Å². The number of carbonyl (C=O) groups is 1. The second-order valence-corrected chi connectivity index (χ2v) is 4.33. The van der Waals surface area contributed by atoms with Crippen LogP contribution in [0.2, 0.25) is 0 Å². The second kappa shape index (κ2) is 4.92.